The first kappa shape index (κ1) is 43.2. The number of rotatable bonds is 29. The molecule has 2 rings (SSSR count). The minimum absolute atomic E-state index is 0.0998. The molecule has 1 aliphatic rings. The second-order valence-electron chi connectivity index (χ2n) is 13.1. The lowest BCUT2D eigenvalue weighted by Crippen LogP contribution is -2.33. The maximum absolute atomic E-state index is 15.0. The monoisotopic (exact) mass is 722 g/mol. The van der Waals surface area contributed by atoms with Crippen LogP contribution >= 0.6 is 19.6 Å². The second-order valence-corrected chi connectivity index (χ2v) is 16.0. The van der Waals surface area contributed by atoms with E-state index in [0.29, 0.717) is 12.0 Å². The number of nitrogens with zero attached hydrogens (tertiary/aromatic N) is 1. The second kappa shape index (κ2) is 25.0. The van der Waals surface area contributed by atoms with Crippen molar-refractivity contribution in [1.82, 2.24) is 9.55 Å². The molecule has 0 radical (unpaired) electrons. The Bertz CT molecular complexity index is 1150. The summed E-state index contributed by atoms with van der Waals surface area (Å²) in [4.78, 5) is 31.9. The van der Waals surface area contributed by atoms with Crippen molar-refractivity contribution in [2.24, 2.45) is 0 Å². The lowest BCUT2D eigenvalue weighted by atomic mass is 10.1. The third-order valence-electron chi connectivity index (χ3n) is 8.70. The fourth-order valence-electron chi connectivity index (χ4n) is 5.67. The number of unbranched alkanes of at least 4 members (excludes halogenated alkanes) is 13. The average molecular weight is 723 g/mol. The van der Waals surface area contributed by atoms with Crippen LogP contribution in [0.1, 0.15) is 155 Å². The van der Waals surface area contributed by atoms with E-state index in [0.717, 1.165) is 36.0 Å². The largest absolute Gasteiger partial charge is 0.502 e. The highest BCUT2D eigenvalue weighted by Gasteiger charge is 2.40. The third kappa shape index (κ3) is 16.8. The summed E-state index contributed by atoms with van der Waals surface area (Å²) in [7, 11) is -4.22. The van der Waals surface area contributed by atoms with E-state index >= 15 is 0 Å². The van der Waals surface area contributed by atoms with E-state index < -0.39 is 44.2 Å². The Morgan fingerprint density at radius 1 is 0.938 bits per heavy atom. The highest BCUT2D eigenvalue weighted by atomic mass is 32.2. The molecule has 0 bridgehead atoms. The predicted molar refractivity (Wildman–Crippen MR) is 192 cm³/mol. The summed E-state index contributed by atoms with van der Waals surface area (Å²) in [5.74, 6) is 1.03. The molecule has 1 aliphatic heterocycles. The summed E-state index contributed by atoms with van der Waals surface area (Å²) < 4.78 is 51.8. The lowest BCUT2D eigenvalue weighted by Gasteiger charge is -2.25. The first-order chi connectivity index (χ1) is 23.1. The zero-order valence-electron chi connectivity index (χ0n) is 30.3. The van der Waals surface area contributed by atoms with Crippen LogP contribution in [0, 0.1) is 6.92 Å². The molecule has 10 nitrogen and oxygen atoms in total. The van der Waals surface area contributed by atoms with E-state index in [9.17, 15) is 18.5 Å². The minimum atomic E-state index is -4.22. The molecule has 0 saturated carbocycles. The SMILES string of the molecule is CCCCCCCCCCCCSC(CCCCCCC)C(C)OOP(=O)(OCCC)OC[C@H]1O[C@@H](n2cc(C)c(=O)[nH]c2=O)C[C@@H]1F. The summed E-state index contributed by atoms with van der Waals surface area (Å²) in [6, 6.07) is 0. The number of aromatic nitrogens is 2. The van der Waals surface area contributed by atoms with Crippen LogP contribution in [-0.2, 0) is 27.9 Å². The molecule has 3 unspecified atom stereocenters. The van der Waals surface area contributed by atoms with Gasteiger partial charge < -0.3 is 4.74 Å². The number of hydrogen-bond acceptors (Lipinski definition) is 9. The predicted octanol–water partition coefficient (Wildman–Crippen LogP) is 9.74. The van der Waals surface area contributed by atoms with Crippen LogP contribution in [0.4, 0.5) is 4.39 Å². The Kier molecular flexibility index (Phi) is 22.5. The average Bonchev–Trinajstić information content (AvgIpc) is 3.44. The summed E-state index contributed by atoms with van der Waals surface area (Å²) >= 11 is 1.88. The number of aromatic amines is 1. The van der Waals surface area contributed by atoms with Crippen LogP contribution in [0.25, 0.3) is 0 Å². The molecule has 1 aromatic heterocycles. The van der Waals surface area contributed by atoms with Gasteiger partial charge in [0.15, 0.2) is 0 Å². The molecule has 0 amide bonds. The maximum Gasteiger partial charge on any atom is 0.502 e. The maximum atomic E-state index is 15.0. The van der Waals surface area contributed by atoms with Crippen LogP contribution in [0.3, 0.4) is 0 Å². The molecule has 48 heavy (non-hydrogen) atoms. The number of ether oxygens (including phenoxy) is 1. The topological polar surface area (TPSA) is 118 Å². The van der Waals surface area contributed by atoms with Gasteiger partial charge in [-0.3, -0.25) is 23.4 Å². The number of H-pyrrole nitrogens is 1. The number of aryl methyl sites for hydroxylation is 1. The van der Waals surface area contributed by atoms with E-state index in [4.69, 9.17) is 23.3 Å². The molecular formula is C35H64FN2O8PS. The van der Waals surface area contributed by atoms with Crippen LogP contribution < -0.4 is 11.2 Å². The molecule has 2 heterocycles. The molecule has 280 valence electrons. The molecule has 1 saturated heterocycles. The van der Waals surface area contributed by atoms with Crippen LogP contribution in [-0.4, -0.2) is 52.1 Å². The van der Waals surface area contributed by atoms with Crippen molar-refractivity contribution in [1.29, 1.82) is 0 Å². The number of thioether (sulfide) groups is 1. The Morgan fingerprint density at radius 2 is 1.54 bits per heavy atom. The van der Waals surface area contributed by atoms with Crippen LogP contribution in [0.15, 0.2) is 15.8 Å². The van der Waals surface area contributed by atoms with Gasteiger partial charge in [0.05, 0.1) is 13.2 Å². The van der Waals surface area contributed by atoms with Gasteiger partial charge in [0.2, 0.25) is 0 Å². The highest BCUT2D eigenvalue weighted by molar-refractivity contribution is 7.99. The molecule has 0 spiro atoms. The van der Waals surface area contributed by atoms with E-state index in [-0.39, 0.29) is 24.4 Å². The summed E-state index contributed by atoms with van der Waals surface area (Å²) in [6.45, 7) is 9.45. The van der Waals surface area contributed by atoms with Gasteiger partial charge in [0.1, 0.15) is 24.6 Å². The van der Waals surface area contributed by atoms with Crippen molar-refractivity contribution < 1.29 is 32.3 Å². The van der Waals surface area contributed by atoms with Gasteiger partial charge in [-0.2, -0.15) is 11.8 Å². The van der Waals surface area contributed by atoms with E-state index in [2.05, 4.69) is 18.8 Å². The molecule has 1 fully saturated rings. The number of hydrogen-bond donors (Lipinski definition) is 1. The molecule has 0 aliphatic carbocycles. The number of nitrogens with one attached hydrogen (secondary N) is 1. The fourth-order valence-corrected chi connectivity index (χ4v) is 8.13. The standard InChI is InChI=1S/C35H64FN2O8PS/c1-6-9-11-13-14-15-16-17-19-21-24-48-32(22-20-18-12-10-7-2)29(5)45-46-47(41,42-23-8-3)43-27-31-30(36)25-33(44-31)38-26-28(4)34(39)37-35(38)40/h26,29-33H,6-25,27H2,1-5H3,(H,37,39,40)/t29?,30-,31+,32?,33+,47?/m0/s1. The zero-order chi connectivity index (χ0) is 35.2. The van der Waals surface area contributed by atoms with Gasteiger partial charge in [0.25, 0.3) is 5.56 Å². The van der Waals surface area contributed by atoms with Crippen molar-refractivity contribution in [2.45, 2.75) is 180 Å². The molecular weight excluding hydrogens is 658 g/mol. The molecule has 1 N–H and O–H groups in total. The zero-order valence-corrected chi connectivity index (χ0v) is 32.0. The van der Waals surface area contributed by atoms with Gasteiger partial charge in [-0.25, -0.2) is 18.6 Å². The van der Waals surface area contributed by atoms with Crippen molar-refractivity contribution >= 4 is 19.6 Å². The Labute approximate surface area is 292 Å². The van der Waals surface area contributed by atoms with Gasteiger partial charge >= 0.3 is 13.5 Å². The number of phosphoric ester groups is 1. The summed E-state index contributed by atoms with van der Waals surface area (Å²) in [5.41, 5.74) is -0.911. The number of phosphoric acid groups is 1. The van der Waals surface area contributed by atoms with E-state index in [1.165, 1.54) is 83.2 Å². The Balaban J connectivity index is 1.89. The number of halogens is 1. The molecule has 6 atom stereocenters. The fraction of sp³-hybridized carbons (Fsp3) is 0.886. The van der Waals surface area contributed by atoms with E-state index in [1.807, 2.05) is 25.6 Å². The Morgan fingerprint density at radius 3 is 2.17 bits per heavy atom. The quantitative estimate of drug-likeness (QED) is 0.0373. The van der Waals surface area contributed by atoms with E-state index in [1.54, 1.807) is 6.92 Å². The van der Waals surface area contributed by atoms with Crippen molar-refractivity contribution in [3.8, 4) is 0 Å². The van der Waals surface area contributed by atoms with Crippen molar-refractivity contribution in [2.75, 3.05) is 19.0 Å². The number of alkyl halides is 1. The normalized spacial score (nSPS) is 20.6. The smallest absolute Gasteiger partial charge is 0.349 e. The van der Waals surface area contributed by atoms with Crippen molar-refractivity contribution in [3.05, 3.63) is 32.6 Å². The van der Waals surface area contributed by atoms with Gasteiger partial charge in [-0.05, 0) is 38.9 Å². The highest BCUT2D eigenvalue weighted by Crippen LogP contribution is 2.51. The Hall–Kier alpha value is -1.01. The van der Waals surface area contributed by atoms with Gasteiger partial charge in [-0.15, -0.1) is 4.67 Å². The first-order valence-electron chi connectivity index (χ1n) is 18.6. The minimum Gasteiger partial charge on any atom is -0.349 e. The summed E-state index contributed by atoms with van der Waals surface area (Å²) in [5, 5.41) is 0.151. The molecule has 0 aromatic carbocycles. The third-order valence-corrected chi connectivity index (χ3v) is 11.5. The molecule has 1 aromatic rings. The van der Waals surface area contributed by atoms with Crippen LogP contribution in [0.2, 0.25) is 0 Å². The van der Waals surface area contributed by atoms with Crippen molar-refractivity contribution in [3.63, 3.8) is 0 Å². The first-order valence-corrected chi connectivity index (χ1v) is 21.1. The molecule has 13 heteroatoms. The lowest BCUT2D eigenvalue weighted by molar-refractivity contribution is -0.257. The van der Waals surface area contributed by atoms with Gasteiger partial charge in [0, 0.05) is 23.4 Å². The summed E-state index contributed by atoms with van der Waals surface area (Å²) in [6.07, 6.45) is 17.6. The van der Waals surface area contributed by atoms with Gasteiger partial charge in [-0.1, -0.05) is 111 Å². The van der Waals surface area contributed by atoms with Crippen LogP contribution in [0.5, 0.6) is 0 Å².